The van der Waals surface area contributed by atoms with Crippen molar-refractivity contribution in [1.29, 1.82) is 0 Å². The molecule has 2 aromatic carbocycles. The van der Waals surface area contributed by atoms with Gasteiger partial charge in [-0.1, -0.05) is 5.92 Å². The van der Waals surface area contributed by atoms with Gasteiger partial charge in [0.1, 0.15) is 17.7 Å². The van der Waals surface area contributed by atoms with Crippen LogP contribution in [0.25, 0.3) is 10.9 Å². The Bertz CT molecular complexity index is 1720. The topological polar surface area (TPSA) is 174 Å². The zero-order chi connectivity index (χ0) is 29.0. The standard InChI is InChI=1S/C26H24FN7O5S/c1-4-7-34(12-16-9-19-21(8-14(16)2)29-15(3)30-25(19)36)17-5-6-18(20(27)10-17)24(35)31-22(26(37)38)13-40(39)23-11-28-33-32-23/h1,5-6,8-11,22H,7,12-13H2,2-3H3,(H,31,35)(H,37,38)(H,28,32,33)(H,29,30,36)/t22-,40?/m1/s1. The van der Waals surface area contributed by atoms with Crippen LogP contribution in [0, 0.1) is 32.0 Å². The van der Waals surface area contributed by atoms with Gasteiger partial charge in [-0.3, -0.25) is 13.8 Å². The number of carbonyl (C=O) groups is 2. The summed E-state index contributed by atoms with van der Waals surface area (Å²) in [6, 6.07) is 5.74. The maximum absolute atomic E-state index is 15.1. The van der Waals surface area contributed by atoms with E-state index in [2.05, 4.69) is 36.6 Å². The molecule has 4 aromatic rings. The summed E-state index contributed by atoms with van der Waals surface area (Å²) >= 11 is 0. The van der Waals surface area contributed by atoms with Crippen molar-refractivity contribution in [1.82, 2.24) is 30.7 Å². The van der Waals surface area contributed by atoms with Crippen LogP contribution in [-0.4, -0.2) is 64.9 Å². The predicted octanol–water partition coefficient (Wildman–Crippen LogP) is 1.43. The lowest BCUT2D eigenvalue weighted by atomic mass is 10.0. The maximum atomic E-state index is 15.1. The van der Waals surface area contributed by atoms with Crippen LogP contribution < -0.4 is 15.8 Å². The number of anilines is 1. The Morgan fingerprint density at radius 3 is 2.70 bits per heavy atom. The van der Waals surface area contributed by atoms with Crippen LogP contribution in [0.15, 0.2) is 46.3 Å². The second-order valence-corrected chi connectivity index (χ2v) is 10.3. The Kier molecular flexibility index (Phi) is 8.34. The van der Waals surface area contributed by atoms with Crippen molar-refractivity contribution in [2.75, 3.05) is 17.2 Å². The highest BCUT2D eigenvalue weighted by atomic mass is 32.2. The van der Waals surface area contributed by atoms with Crippen LogP contribution >= 0.6 is 0 Å². The molecule has 0 bridgehead atoms. The van der Waals surface area contributed by atoms with E-state index < -0.39 is 45.9 Å². The molecule has 1 unspecified atom stereocenters. The molecule has 2 atom stereocenters. The van der Waals surface area contributed by atoms with E-state index in [9.17, 15) is 23.7 Å². The van der Waals surface area contributed by atoms with Gasteiger partial charge in [-0.2, -0.15) is 10.3 Å². The number of halogens is 1. The molecule has 14 heteroatoms. The first kappa shape index (κ1) is 28.1. The van der Waals surface area contributed by atoms with Crippen LogP contribution in [0.4, 0.5) is 10.1 Å². The van der Waals surface area contributed by atoms with Crippen molar-refractivity contribution in [3.8, 4) is 12.3 Å². The molecule has 0 saturated carbocycles. The molecule has 0 aliphatic carbocycles. The van der Waals surface area contributed by atoms with Gasteiger partial charge in [0, 0.05) is 12.2 Å². The number of nitrogens with zero attached hydrogens (tertiary/aromatic N) is 4. The second-order valence-electron chi connectivity index (χ2n) is 8.86. The summed E-state index contributed by atoms with van der Waals surface area (Å²) in [7, 11) is -1.87. The van der Waals surface area contributed by atoms with Crippen LogP contribution in [0.3, 0.4) is 0 Å². The SMILES string of the molecule is C#CCN(Cc1cc2c(=O)[nH]c(C)nc2cc1C)c1ccc(C(=O)N[C@H](CS(=O)c2cn[nH]n2)C(=O)O)c(F)c1. The number of carboxylic acids is 1. The van der Waals surface area contributed by atoms with E-state index in [1.54, 1.807) is 24.0 Å². The first-order valence-corrected chi connectivity index (χ1v) is 13.1. The molecule has 1 amide bonds. The summed E-state index contributed by atoms with van der Waals surface area (Å²) in [5.74, 6) is -0.827. The highest BCUT2D eigenvalue weighted by Gasteiger charge is 2.26. The Hall–Kier alpha value is -4.90. The first-order chi connectivity index (χ1) is 19.1. The largest absolute Gasteiger partial charge is 0.480 e. The van der Waals surface area contributed by atoms with E-state index in [4.69, 9.17) is 6.42 Å². The Morgan fingerprint density at radius 2 is 2.05 bits per heavy atom. The number of amides is 1. The quantitative estimate of drug-likeness (QED) is 0.207. The molecule has 0 spiro atoms. The molecule has 2 heterocycles. The lowest BCUT2D eigenvalue weighted by molar-refractivity contribution is -0.138. The fraction of sp³-hybridized carbons (Fsp3) is 0.231. The van der Waals surface area contributed by atoms with Gasteiger partial charge in [-0.25, -0.2) is 14.2 Å². The van der Waals surface area contributed by atoms with Gasteiger partial charge < -0.3 is 20.3 Å². The monoisotopic (exact) mass is 565 g/mol. The molecule has 206 valence electrons. The number of aromatic amines is 2. The number of terminal acetylenes is 1. The van der Waals surface area contributed by atoms with E-state index in [1.807, 2.05) is 6.92 Å². The summed E-state index contributed by atoms with van der Waals surface area (Å²) in [5.41, 5.74) is 1.86. The van der Waals surface area contributed by atoms with Gasteiger partial charge in [-0.15, -0.1) is 11.5 Å². The van der Waals surface area contributed by atoms with Crippen molar-refractivity contribution in [2.45, 2.75) is 31.5 Å². The fourth-order valence-corrected chi connectivity index (χ4v) is 5.02. The number of aliphatic carboxylic acids is 1. The highest BCUT2D eigenvalue weighted by Crippen LogP contribution is 2.24. The number of H-pyrrole nitrogens is 2. The summed E-state index contributed by atoms with van der Waals surface area (Å²) in [6.07, 6.45) is 6.73. The fourth-order valence-electron chi connectivity index (χ4n) is 4.01. The van der Waals surface area contributed by atoms with Gasteiger partial charge in [0.2, 0.25) is 0 Å². The average Bonchev–Trinajstić information content (AvgIpc) is 3.43. The van der Waals surface area contributed by atoms with Gasteiger partial charge in [0.05, 0.1) is 45.8 Å². The molecule has 0 radical (unpaired) electrons. The number of carboxylic acid groups (broad SMARTS) is 1. The van der Waals surface area contributed by atoms with Gasteiger partial charge in [0.15, 0.2) is 5.03 Å². The summed E-state index contributed by atoms with van der Waals surface area (Å²) in [6.45, 7) is 3.89. The zero-order valence-corrected chi connectivity index (χ0v) is 22.2. The number of benzene rings is 2. The molecule has 0 aliphatic heterocycles. The number of hydrogen-bond acceptors (Lipinski definition) is 8. The number of hydrogen-bond donors (Lipinski definition) is 4. The van der Waals surface area contributed by atoms with E-state index in [-0.39, 0.29) is 23.7 Å². The molecule has 0 aliphatic rings. The third kappa shape index (κ3) is 6.21. The number of fused-ring (bicyclic) bond motifs is 1. The second kappa shape index (κ2) is 11.9. The lowest BCUT2D eigenvalue weighted by Crippen LogP contribution is -2.44. The summed E-state index contributed by atoms with van der Waals surface area (Å²) in [5, 5.41) is 21.5. The molecule has 4 N–H and O–H groups in total. The van der Waals surface area contributed by atoms with Crippen molar-refractivity contribution in [3.63, 3.8) is 0 Å². The molecule has 2 aromatic heterocycles. The summed E-state index contributed by atoms with van der Waals surface area (Å²) < 4.78 is 27.5. The van der Waals surface area contributed by atoms with Gasteiger partial charge in [0.25, 0.3) is 11.5 Å². The van der Waals surface area contributed by atoms with Crippen molar-refractivity contribution < 1.29 is 23.3 Å². The molecule has 4 rings (SSSR count). The van der Waals surface area contributed by atoms with Gasteiger partial charge >= 0.3 is 5.97 Å². The lowest BCUT2D eigenvalue weighted by Gasteiger charge is -2.24. The Labute approximate surface area is 229 Å². The number of rotatable bonds is 10. The van der Waals surface area contributed by atoms with Crippen LogP contribution in [0.5, 0.6) is 0 Å². The normalized spacial score (nSPS) is 12.4. The zero-order valence-electron chi connectivity index (χ0n) is 21.4. The van der Waals surface area contributed by atoms with Crippen LogP contribution in [0.2, 0.25) is 0 Å². The van der Waals surface area contributed by atoms with E-state index in [1.165, 1.54) is 18.3 Å². The van der Waals surface area contributed by atoms with E-state index in [0.717, 1.165) is 17.2 Å². The molecule has 40 heavy (non-hydrogen) atoms. The predicted molar refractivity (Wildman–Crippen MR) is 145 cm³/mol. The molecule has 0 fully saturated rings. The molecular formula is C26H24FN7O5S. The number of nitrogens with one attached hydrogen (secondary N) is 3. The third-order valence-corrected chi connectivity index (χ3v) is 7.33. The smallest absolute Gasteiger partial charge is 0.327 e. The van der Waals surface area contributed by atoms with Crippen molar-refractivity contribution in [3.05, 3.63) is 75.2 Å². The number of aryl methyl sites for hydroxylation is 2. The number of aromatic nitrogens is 5. The molecule has 0 saturated heterocycles. The molecule has 12 nitrogen and oxygen atoms in total. The van der Waals surface area contributed by atoms with E-state index >= 15 is 4.39 Å². The van der Waals surface area contributed by atoms with Crippen molar-refractivity contribution >= 4 is 39.3 Å². The Morgan fingerprint density at radius 1 is 1.27 bits per heavy atom. The summed E-state index contributed by atoms with van der Waals surface area (Å²) in [4.78, 5) is 45.6. The first-order valence-electron chi connectivity index (χ1n) is 11.8. The van der Waals surface area contributed by atoms with Crippen molar-refractivity contribution in [2.24, 2.45) is 0 Å². The third-order valence-electron chi connectivity index (χ3n) is 6.03. The minimum atomic E-state index is -1.87. The van der Waals surface area contributed by atoms with Crippen LogP contribution in [-0.2, 0) is 22.1 Å². The number of carbonyl (C=O) groups excluding carboxylic acids is 1. The minimum absolute atomic E-state index is 0.0160. The minimum Gasteiger partial charge on any atom is -0.480 e. The van der Waals surface area contributed by atoms with Crippen LogP contribution in [0.1, 0.15) is 27.3 Å². The average molecular weight is 566 g/mol. The molecular weight excluding hydrogens is 541 g/mol. The maximum Gasteiger partial charge on any atom is 0.327 e. The van der Waals surface area contributed by atoms with E-state index in [0.29, 0.717) is 22.4 Å². The Balaban J connectivity index is 1.55. The highest BCUT2D eigenvalue weighted by molar-refractivity contribution is 7.85. The van der Waals surface area contributed by atoms with Gasteiger partial charge in [-0.05, 0) is 55.3 Å².